The molecular weight excluding hydrogens is 130 g/mol. The third-order valence-electron chi connectivity index (χ3n) is 1.49. The van der Waals surface area contributed by atoms with E-state index in [-0.39, 0.29) is 5.97 Å². The molecule has 0 N–H and O–H groups in total. The van der Waals surface area contributed by atoms with Crippen LogP contribution in [-0.4, -0.2) is 11.7 Å². The van der Waals surface area contributed by atoms with E-state index in [0.29, 0.717) is 5.92 Å². The third kappa shape index (κ3) is 2.17. The fourth-order valence-corrected chi connectivity index (χ4v) is 0.712. The van der Waals surface area contributed by atoms with Crippen LogP contribution in [0.25, 0.3) is 0 Å². The van der Waals surface area contributed by atoms with E-state index in [9.17, 15) is 4.79 Å². The smallest absolute Gasteiger partial charge is 0.319 e. The van der Waals surface area contributed by atoms with E-state index in [2.05, 4.69) is 9.99 Å². The molecule has 0 bridgehead atoms. The van der Waals surface area contributed by atoms with Crippen molar-refractivity contribution in [2.75, 3.05) is 0 Å². The second-order valence-electron chi connectivity index (χ2n) is 2.59. The lowest BCUT2D eigenvalue weighted by Crippen LogP contribution is -1.98. The molecule has 0 spiro atoms. The Morgan fingerprint density at radius 3 is 2.50 bits per heavy atom. The van der Waals surface area contributed by atoms with Crippen LogP contribution in [0.5, 0.6) is 0 Å². The Morgan fingerprint density at radius 1 is 1.50 bits per heavy atom. The van der Waals surface area contributed by atoms with Gasteiger partial charge in [0.1, 0.15) is 0 Å². The molecular formula is C7H11NO2. The summed E-state index contributed by atoms with van der Waals surface area (Å²) in [6.07, 6.45) is 2.38. The first-order valence-corrected chi connectivity index (χ1v) is 3.42. The molecule has 0 heterocycles. The van der Waals surface area contributed by atoms with Crippen molar-refractivity contribution < 1.29 is 9.63 Å². The molecule has 0 atom stereocenters. The van der Waals surface area contributed by atoms with Gasteiger partial charge in [-0.05, 0) is 19.8 Å². The molecule has 1 fully saturated rings. The first-order valence-electron chi connectivity index (χ1n) is 3.42. The molecule has 0 radical (unpaired) electrons. The number of hydrogen-bond donors (Lipinski definition) is 0. The molecule has 0 aliphatic heterocycles. The van der Waals surface area contributed by atoms with Gasteiger partial charge in [-0.1, -0.05) is 5.16 Å². The summed E-state index contributed by atoms with van der Waals surface area (Å²) in [5.74, 6) is 0.236. The molecule has 0 aromatic rings. The van der Waals surface area contributed by atoms with E-state index in [1.807, 2.05) is 6.92 Å². The van der Waals surface area contributed by atoms with Crippen molar-refractivity contribution in [3.05, 3.63) is 0 Å². The maximum Gasteiger partial charge on any atom is 0.331 e. The van der Waals surface area contributed by atoms with Crippen LogP contribution in [-0.2, 0) is 9.63 Å². The highest BCUT2D eigenvalue weighted by Crippen LogP contribution is 2.30. The summed E-state index contributed by atoms with van der Waals surface area (Å²) >= 11 is 0. The minimum atomic E-state index is -0.347. The molecule has 0 saturated heterocycles. The number of carbonyl (C=O) groups is 1. The van der Waals surface area contributed by atoms with Gasteiger partial charge in [-0.25, -0.2) is 4.79 Å². The van der Waals surface area contributed by atoms with Gasteiger partial charge < -0.3 is 4.84 Å². The Balaban J connectivity index is 2.30. The molecule has 1 saturated carbocycles. The first-order chi connectivity index (χ1) is 4.70. The lowest BCUT2D eigenvalue weighted by molar-refractivity contribution is -0.140. The van der Waals surface area contributed by atoms with Gasteiger partial charge >= 0.3 is 5.97 Å². The lowest BCUT2D eigenvalue weighted by Gasteiger charge is -1.93. The zero-order valence-electron chi connectivity index (χ0n) is 6.26. The summed E-state index contributed by atoms with van der Waals surface area (Å²) in [6.45, 7) is 3.24. The zero-order chi connectivity index (χ0) is 7.56. The highest BCUT2D eigenvalue weighted by Gasteiger charge is 2.24. The number of oxime groups is 1. The maximum absolute atomic E-state index is 10.3. The van der Waals surface area contributed by atoms with Crippen LogP contribution in [0.3, 0.4) is 0 Å². The fourth-order valence-electron chi connectivity index (χ4n) is 0.712. The highest BCUT2D eigenvalue weighted by atomic mass is 16.7. The van der Waals surface area contributed by atoms with Crippen molar-refractivity contribution in [2.45, 2.75) is 26.7 Å². The van der Waals surface area contributed by atoms with E-state index >= 15 is 0 Å². The first kappa shape index (κ1) is 7.25. The summed E-state index contributed by atoms with van der Waals surface area (Å²) in [5.41, 5.74) is 0.940. The summed E-state index contributed by atoms with van der Waals surface area (Å²) < 4.78 is 0. The van der Waals surface area contributed by atoms with E-state index in [1.54, 1.807) is 0 Å². The van der Waals surface area contributed by atoms with Gasteiger partial charge in [0.15, 0.2) is 0 Å². The van der Waals surface area contributed by atoms with Gasteiger partial charge in [0, 0.05) is 12.8 Å². The number of carbonyl (C=O) groups excluding carboxylic acids is 1. The van der Waals surface area contributed by atoms with Crippen LogP contribution in [0, 0.1) is 5.92 Å². The third-order valence-corrected chi connectivity index (χ3v) is 1.49. The molecule has 0 amide bonds. The van der Waals surface area contributed by atoms with E-state index in [1.165, 1.54) is 19.8 Å². The molecule has 3 nitrogen and oxygen atoms in total. The molecule has 0 aromatic carbocycles. The Labute approximate surface area is 60.0 Å². The molecule has 0 unspecified atom stereocenters. The zero-order valence-corrected chi connectivity index (χ0v) is 6.26. The van der Waals surface area contributed by atoms with Crippen LogP contribution in [0.2, 0.25) is 0 Å². The predicted octanol–water partition coefficient (Wildman–Crippen LogP) is 1.34. The average molecular weight is 141 g/mol. The van der Waals surface area contributed by atoms with Gasteiger partial charge in [-0.15, -0.1) is 0 Å². The molecule has 1 rings (SSSR count). The standard InChI is InChI=1S/C7H11NO2/c1-5(7-3-4-7)8-10-6(2)9/h7H,3-4H2,1-2H3/b8-5+. The predicted molar refractivity (Wildman–Crippen MR) is 37.6 cm³/mol. The lowest BCUT2D eigenvalue weighted by atomic mass is 10.3. The van der Waals surface area contributed by atoms with Crippen molar-refractivity contribution in [3.8, 4) is 0 Å². The molecule has 1 aliphatic carbocycles. The largest absolute Gasteiger partial charge is 0.331 e. The van der Waals surface area contributed by atoms with Crippen LogP contribution < -0.4 is 0 Å². The SMILES string of the molecule is CC(=O)O/N=C(\C)C1CC1. The summed E-state index contributed by atoms with van der Waals surface area (Å²) in [4.78, 5) is 14.7. The van der Waals surface area contributed by atoms with E-state index in [4.69, 9.17) is 0 Å². The Morgan fingerprint density at radius 2 is 2.10 bits per heavy atom. The van der Waals surface area contributed by atoms with E-state index < -0.39 is 0 Å². The number of nitrogens with zero attached hydrogens (tertiary/aromatic N) is 1. The van der Waals surface area contributed by atoms with Crippen LogP contribution >= 0.6 is 0 Å². The van der Waals surface area contributed by atoms with Gasteiger partial charge in [-0.3, -0.25) is 0 Å². The van der Waals surface area contributed by atoms with Crippen molar-refractivity contribution in [1.82, 2.24) is 0 Å². The normalized spacial score (nSPS) is 18.8. The fraction of sp³-hybridized carbons (Fsp3) is 0.714. The van der Waals surface area contributed by atoms with Crippen LogP contribution in [0.15, 0.2) is 5.16 Å². The maximum atomic E-state index is 10.3. The Bertz CT molecular complexity index is 170. The minimum absolute atomic E-state index is 0.347. The van der Waals surface area contributed by atoms with Gasteiger partial charge in [0.25, 0.3) is 0 Å². The summed E-state index contributed by atoms with van der Waals surface area (Å²) in [7, 11) is 0. The summed E-state index contributed by atoms with van der Waals surface area (Å²) in [5, 5.41) is 3.65. The van der Waals surface area contributed by atoms with Gasteiger partial charge in [0.2, 0.25) is 0 Å². The van der Waals surface area contributed by atoms with Crippen molar-refractivity contribution in [2.24, 2.45) is 11.1 Å². The molecule has 10 heavy (non-hydrogen) atoms. The second kappa shape index (κ2) is 2.82. The van der Waals surface area contributed by atoms with Crippen LogP contribution in [0.4, 0.5) is 0 Å². The molecule has 56 valence electrons. The average Bonchev–Trinajstić information content (AvgIpc) is 2.63. The monoisotopic (exact) mass is 141 g/mol. The number of rotatable bonds is 2. The van der Waals surface area contributed by atoms with Crippen molar-refractivity contribution in [3.63, 3.8) is 0 Å². The topological polar surface area (TPSA) is 38.7 Å². The van der Waals surface area contributed by atoms with E-state index in [0.717, 1.165) is 5.71 Å². The van der Waals surface area contributed by atoms with Crippen molar-refractivity contribution in [1.29, 1.82) is 0 Å². The molecule has 0 aromatic heterocycles. The molecule has 1 aliphatic rings. The van der Waals surface area contributed by atoms with Crippen LogP contribution in [0.1, 0.15) is 26.7 Å². The quantitative estimate of drug-likeness (QED) is 0.330. The minimum Gasteiger partial charge on any atom is -0.319 e. The Hall–Kier alpha value is -0.860. The Kier molecular flexibility index (Phi) is 2.04. The van der Waals surface area contributed by atoms with Gasteiger partial charge in [-0.2, -0.15) is 0 Å². The molecule has 3 heteroatoms. The number of hydrogen-bond acceptors (Lipinski definition) is 3. The highest BCUT2D eigenvalue weighted by molar-refractivity contribution is 5.86. The summed E-state index contributed by atoms with van der Waals surface area (Å²) in [6, 6.07) is 0. The van der Waals surface area contributed by atoms with Gasteiger partial charge in [0.05, 0.1) is 5.71 Å². The van der Waals surface area contributed by atoms with Crippen molar-refractivity contribution >= 4 is 11.7 Å². The second-order valence-corrected chi connectivity index (χ2v) is 2.59.